The second-order valence-electron chi connectivity index (χ2n) is 2.94. The molecule has 0 heterocycles. The molecule has 1 rings (SSSR count). The first-order valence-electron chi connectivity index (χ1n) is 4.11. The predicted octanol–water partition coefficient (Wildman–Crippen LogP) is 2.59. The second-order valence-corrected chi connectivity index (χ2v) is 3.80. The Morgan fingerprint density at radius 3 is 2.62 bits per heavy atom. The molecule has 0 radical (unpaired) electrons. The van der Waals surface area contributed by atoms with Crippen molar-refractivity contribution in [2.75, 3.05) is 7.11 Å². The molecule has 5 nitrogen and oxygen atoms in total. The van der Waals surface area contributed by atoms with Crippen LogP contribution in [0.15, 0.2) is 10.5 Å². The number of esters is 1. The number of carbonyl (C=O) groups is 1. The van der Waals surface area contributed by atoms with Crippen LogP contribution in [0.5, 0.6) is 0 Å². The molecule has 86 valence electrons. The van der Waals surface area contributed by atoms with Gasteiger partial charge in [0.15, 0.2) is 0 Å². The van der Waals surface area contributed by atoms with Gasteiger partial charge in [0.1, 0.15) is 0 Å². The summed E-state index contributed by atoms with van der Waals surface area (Å²) in [6, 6.07) is 1.16. The van der Waals surface area contributed by atoms with Crippen LogP contribution in [0.25, 0.3) is 0 Å². The molecule has 7 heteroatoms. The van der Waals surface area contributed by atoms with Gasteiger partial charge in [0, 0.05) is 5.56 Å². The van der Waals surface area contributed by atoms with E-state index in [1.54, 1.807) is 0 Å². The van der Waals surface area contributed by atoms with Gasteiger partial charge in [0.25, 0.3) is 0 Å². The lowest BCUT2D eigenvalue weighted by Gasteiger charge is -2.06. The first-order chi connectivity index (χ1) is 7.40. The quantitative estimate of drug-likeness (QED) is 0.477. The Labute approximate surface area is 98.5 Å². The molecule has 0 spiro atoms. The van der Waals surface area contributed by atoms with Crippen molar-refractivity contribution in [3.8, 4) is 0 Å². The number of nitro benzene ring substituents is 1. The van der Waals surface area contributed by atoms with Gasteiger partial charge < -0.3 is 4.74 Å². The third-order valence-corrected chi connectivity index (χ3v) is 2.61. The van der Waals surface area contributed by atoms with Crippen LogP contribution in [0, 0.1) is 22.9 Å². The summed E-state index contributed by atoms with van der Waals surface area (Å²) in [6.07, 6.45) is 0. The van der Waals surface area contributed by atoms with Crippen LogP contribution in [-0.4, -0.2) is 18.0 Å². The van der Waals surface area contributed by atoms with Crippen LogP contribution in [-0.2, 0) is 4.74 Å². The van der Waals surface area contributed by atoms with E-state index in [2.05, 4.69) is 20.7 Å². The highest BCUT2D eigenvalue weighted by atomic mass is 79.9. The Morgan fingerprint density at radius 1 is 1.62 bits per heavy atom. The molecule has 0 aliphatic carbocycles. The van der Waals surface area contributed by atoms with Gasteiger partial charge in [-0.1, -0.05) is 0 Å². The van der Waals surface area contributed by atoms with Crippen molar-refractivity contribution in [2.45, 2.75) is 6.92 Å². The minimum atomic E-state index is -1.00. The van der Waals surface area contributed by atoms with E-state index in [-0.39, 0.29) is 15.6 Å². The van der Waals surface area contributed by atoms with Crippen molar-refractivity contribution in [3.63, 3.8) is 0 Å². The maximum Gasteiger partial charge on any atom is 0.338 e. The number of methoxy groups -OCH3 is 1. The number of rotatable bonds is 2. The van der Waals surface area contributed by atoms with Crippen LogP contribution >= 0.6 is 15.9 Å². The summed E-state index contributed by atoms with van der Waals surface area (Å²) in [6.45, 7) is 1.29. The van der Waals surface area contributed by atoms with Gasteiger partial charge in [0.05, 0.1) is 22.1 Å². The number of halogens is 2. The topological polar surface area (TPSA) is 69.4 Å². The molecular formula is C9H7BrFNO4. The second kappa shape index (κ2) is 4.56. The molecule has 0 aliphatic rings. The smallest absolute Gasteiger partial charge is 0.338 e. The predicted molar refractivity (Wildman–Crippen MR) is 56.8 cm³/mol. The molecule has 0 saturated heterocycles. The summed E-state index contributed by atoms with van der Waals surface area (Å²) < 4.78 is 17.7. The Kier molecular flexibility index (Phi) is 3.58. The Morgan fingerprint density at radius 2 is 2.19 bits per heavy atom. The molecule has 0 bridgehead atoms. The molecule has 1 aromatic rings. The number of ether oxygens (including phenoxy) is 1. The van der Waals surface area contributed by atoms with E-state index in [9.17, 15) is 19.3 Å². The van der Waals surface area contributed by atoms with E-state index >= 15 is 0 Å². The van der Waals surface area contributed by atoms with Crippen molar-refractivity contribution in [1.82, 2.24) is 0 Å². The Bertz CT molecular complexity index is 475. The van der Waals surface area contributed by atoms with Crippen molar-refractivity contribution >= 4 is 27.6 Å². The third kappa shape index (κ3) is 2.04. The van der Waals surface area contributed by atoms with E-state index in [0.717, 1.165) is 13.2 Å². The third-order valence-electron chi connectivity index (χ3n) is 2.04. The molecule has 0 atom stereocenters. The SMILES string of the molecule is COC(=O)c1cc(Br)c(F)c([N+](=O)[O-])c1C. The lowest BCUT2D eigenvalue weighted by Crippen LogP contribution is -2.08. The van der Waals surface area contributed by atoms with E-state index in [0.29, 0.717) is 0 Å². The molecule has 0 N–H and O–H groups in total. The van der Waals surface area contributed by atoms with Crippen LogP contribution < -0.4 is 0 Å². The molecular weight excluding hydrogens is 285 g/mol. The number of benzene rings is 1. The lowest BCUT2D eigenvalue weighted by atomic mass is 10.1. The van der Waals surface area contributed by atoms with E-state index in [4.69, 9.17) is 0 Å². The molecule has 0 unspecified atom stereocenters. The van der Waals surface area contributed by atoms with Crippen LogP contribution in [0.3, 0.4) is 0 Å². The summed E-state index contributed by atoms with van der Waals surface area (Å²) in [4.78, 5) is 21.1. The highest BCUT2D eigenvalue weighted by molar-refractivity contribution is 9.10. The number of hydrogen-bond acceptors (Lipinski definition) is 4. The minimum Gasteiger partial charge on any atom is -0.465 e. The van der Waals surface area contributed by atoms with Gasteiger partial charge in [-0.05, 0) is 28.9 Å². The fraction of sp³-hybridized carbons (Fsp3) is 0.222. The maximum atomic E-state index is 13.4. The van der Waals surface area contributed by atoms with Crippen molar-refractivity contribution in [3.05, 3.63) is 37.6 Å². The zero-order valence-corrected chi connectivity index (χ0v) is 10.00. The zero-order valence-electron chi connectivity index (χ0n) is 8.41. The molecule has 16 heavy (non-hydrogen) atoms. The summed E-state index contributed by atoms with van der Waals surface area (Å²) >= 11 is 2.81. The van der Waals surface area contributed by atoms with Crippen molar-refractivity contribution in [2.24, 2.45) is 0 Å². The highest BCUT2D eigenvalue weighted by Crippen LogP contribution is 2.31. The van der Waals surface area contributed by atoms with Gasteiger partial charge in [-0.15, -0.1) is 0 Å². The number of nitrogens with zero attached hydrogens (tertiary/aromatic N) is 1. The van der Waals surface area contributed by atoms with E-state index < -0.39 is 22.4 Å². The molecule has 0 aromatic heterocycles. The van der Waals surface area contributed by atoms with Crippen LogP contribution in [0.2, 0.25) is 0 Å². The summed E-state index contributed by atoms with van der Waals surface area (Å²) in [5.74, 6) is -1.75. The fourth-order valence-electron chi connectivity index (χ4n) is 1.24. The fourth-order valence-corrected chi connectivity index (χ4v) is 1.66. The molecule has 0 saturated carbocycles. The highest BCUT2D eigenvalue weighted by Gasteiger charge is 2.26. The molecule has 0 amide bonds. The lowest BCUT2D eigenvalue weighted by molar-refractivity contribution is -0.388. The zero-order chi connectivity index (χ0) is 12.5. The largest absolute Gasteiger partial charge is 0.465 e. The van der Waals surface area contributed by atoms with Gasteiger partial charge in [-0.3, -0.25) is 10.1 Å². The summed E-state index contributed by atoms with van der Waals surface area (Å²) in [7, 11) is 1.14. The average molecular weight is 292 g/mol. The molecule has 0 aliphatic heterocycles. The number of carbonyl (C=O) groups excluding carboxylic acids is 1. The van der Waals surface area contributed by atoms with Gasteiger partial charge in [-0.25, -0.2) is 4.79 Å². The average Bonchev–Trinajstić information content (AvgIpc) is 2.22. The summed E-state index contributed by atoms with van der Waals surface area (Å²) in [5, 5.41) is 10.7. The first-order valence-corrected chi connectivity index (χ1v) is 4.90. The first kappa shape index (κ1) is 12.6. The van der Waals surface area contributed by atoms with Crippen molar-refractivity contribution < 1.29 is 18.8 Å². The monoisotopic (exact) mass is 291 g/mol. The maximum absolute atomic E-state index is 13.4. The van der Waals surface area contributed by atoms with Gasteiger partial charge >= 0.3 is 11.7 Å². The number of hydrogen-bond donors (Lipinski definition) is 0. The van der Waals surface area contributed by atoms with Crippen molar-refractivity contribution in [1.29, 1.82) is 0 Å². The minimum absolute atomic E-state index is 0.0394. The van der Waals surface area contributed by atoms with Gasteiger partial charge in [-0.2, -0.15) is 4.39 Å². The Balaban J connectivity index is 3.56. The summed E-state index contributed by atoms with van der Waals surface area (Å²) in [5.41, 5.74) is -0.824. The standard InChI is InChI=1S/C9H7BrFNO4/c1-4-5(9(13)16-2)3-6(10)7(11)8(4)12(14)15/h3H,1-2H3. The molecule has 1 aromatic carbocycles. The van der Waals surface area contributed by atoms with E-state index in [1.165, 1.54) is 6.92 Å². The normalized spacial score (nSPS) is 10.0. The Hall–Kier alpha value is -1.50. The van der Waals surface area contributed by atoms with Crippen LogP contribution in [0.1, 0.15) is 15.9 Å². The van der Waals surface area contributed by atoms with Crippen LogP contribution in [0.4, 0.5) is 10.1 Å². The molecule has 0 fully saturated rings. The van der Waals surface area contributed by atoms with Gasteiger partial charge in [0.2, 0.25) is 5.82 Å². The van der Waals surface area contributed by atoms with E-state index in [1.807, 2.05) is 0 Å². The number of nitro groups is 1.